The number of hydrogen-bond donors (Lipinski definition) is 1. The Morgan fingerprint density at radius 3 is 3.18 bits per heavy atom. The molecule has 0 saturated heterocycles. The van der Waals surface area contributed by atoms with E-state index in [0.717, 1.165) is 36.2 Å². The van der Waals surface area contributed by atoms with Gasteiger partial charge in [0.15, 0.2) is 0 Å². The number of hydrogen-bond acceptors (Lipinski definition) is 2. The Labute approximate surface area is 111 Å². The van der Waals surface area contributed by atoms with Gasteiger partial charge in [-0.05, 0) is 24.6 Å². The highest BCUT2D eigenvalue weighted by Crippen LogP contribution is 2.32. The maximum atomic E-state index is 5.68. The molecular formula is C14H16BrNO. The lowest BCUT2D eigenvalue weighted by atomic mass is 10.1. The highest BCUT2D eigenvalue weighted by atomic mass is 79.9. The van der Waals surface area contributed by atoms with E-state index in [1.54, 1.807) is 0 Å². The lowest BCUT2D eigenvalue weighted by molar-refractivity contribution is 0.351. The summed E-state index contributed by atoms with van der Waals surface area (Å²) in [4.78, 5) is 0. The van der Waals surface area contributed by atoms with Crippen LogP contribution in [0.2, 0.25) is 0 Å². The fourth-order valence-electron chi connectivity index (χ4n) is 2.01. The van der Waals surface area contributed by atoms with Crippen molar-refractivity contribution >= 4 is 15.9 Å². The van der Waals surface area contributed by atoms with E-state index in [0.29, 0.717) is 6.04 Å². The van der Waals surface area contributed by atoms with Crippen LogP contribution in [0.25, 0.3) is 0 Å². The van der Waals surface area contributed by atoms with Crippen LogP contribution in [0.15, 0.2) is 16.6 Å². The Kier molecular flexibility index (Phi) is 4.09. The molecule has 1 unspecified atom stereocenters. The lowest BCUT2D eigenvalue weighted by Crippen LogP contribution is -2.25. The molecule has 0 spiro atoms. The monoisotopic (exact) mass is 293 g/mol. The van der Waals surface area contributed by atoms with E-state index < -0.39 is 0 Å². The van der Waals surface area contributed by atoms with Crippen LogP contribution in [0, 0.1) is 12.3 Å². The molecule has 1 aliphatic heterocycles. The van der Waals surface area contributed by atoms with E-state index in [1.165, 1.54) is 11.1 Å². The van der Waals surface area contributed by atoms with Crippen molar-refractivity contribution in [3.8, 4) is 18.1 Å². The van der Waals surface area contributed by atoms with Crippen LogP contribution < -0.4 is 10.1 Å². The number of nitrogens with one attached hydrogen (secondary N) is 1. The zero-order chi connectivity index (χ0) is 12.3. The Balaban J connectivity index is 2.09. The number of rotatable bonds is 4. The Morgan fingerprint density at radius 2 is 2.41 bits per heavy atom. The van der Waals surface area contributed by atoms with Gasteiger partial charge in [0.25, 0.3) is 0 Å². The first-order valence-electron chi connectivity index (χ1n) is 5.81. The summed E-state index contributed by atoms with van der Waals surface area (Å²) in [5.74, 6) is 3.71. The summed E-state index contributed by atoms with van der Waals surface area (Å²) >= 11 is 3.54. The van der Waals surface area contributed by atoms with Crippen molar-refractivity contribution < 1.29 is 4.74 Å². The highest BCUT2D eigenvalue weighted by Gasteiger charge is 2.17. The van der Waals surface area contributed by atoms with Gasteiger partial charge in [0.1, 0.15) is 5.75 Å². The van der Waals surface area contributed by atoms with Gasteiger partial charge in [0.05, 0.1) is 6.61 Å². The molecule has 1 N–H and O–H groups in total. The van der Waals surface area contributed by atoms with Gasteiger partial charge in [-0.15, -0.1) is 12.3 Å². The maximum absolute atomic E-state index is 5.68. The fraction of sp³-hybridized carbons (Fsp3) is 0.429. The molecule has 1 aromatic rings. The van der Waals surface area contributed by atoms with Crippen molar-refractivity contribution in [1.82, 2.24) is 5.32 Å². The summed E-state index contributed by atoms with van der Waals surface area (Å²) in [6.07, 6.45) is 7.04. The van der Waals surface area contributed by atoms with Crippen LogP contribution in [0.1, 0.15) is 24.5 Å². The third-order valence-electron chi connectivity index (χ3n) is 2.89. The normalized spacial score (nSPS) is 14.9. The van der Waals surface area contributed by atoms with Crippen molar-refractivity contribution in [2.24, 2.45) is 0 Å². The molecule has 1 heterocycles. The second kappa shape index (κ2) is 5.57. The standard InChI is InChI=1S/C14H16BrNO/c1-3-4-10(2)16-9-12-8-13(15)7-11-5-6-17-14(11)12/h1,7-8,10,16H,4-6,9H2,2H3. The Hall–Kier alpha value is -0.980. The quantitative estimate of drug-likeness (QED) is 0.862. The summed E-state index contributed by atoms with van der Waals surface area (Å²) in [6.45, 7) is 3.68. The summed E-state index contributed by atoms with van der Waals surface area (Å²) < 4.78 is 6.79. The SMILES string of the molecule is C#CCC(C)NCc1cc(Br)cc2c1OCC2. The summed E-state index contributed by atoms with van der Waals surface area (Å²) in [6, 6.07) is 4.58. The van der Waals surface area contributed by atoms with Crippen LogP contribution in [-0.2, 0) is 13.0 Å². The van der Waals surface area contributed by atoms with Crippen molar-refractivity contribution in [3.05, 3.63) is 27.7 Å². The third kappa shape index (κ3) is 3.02. The molecule has 2 rings (SSSR count). The molecule has 0 bridgehead atoms. The predicted molar refractivity (Wildman–Crippen MR) is 73.1 cm³/mol. The molecule has 0 radical (unpaired) electrons. The minimum atomic E-state index is 0.330. The fourth-order valence-corrected chi connectivity index (χ4v) is 2.56. The number of benzene rings is 1. The zero-order valence-electron chi connectivity index (χ0n) is 9.92. The number of fused-ring (bicyclic) bond motifs is 1. The van der Waals surface area contributed by atoms with Gasteiger partial charge in [0, 0.05) is 35.5 Å². The molecule has 17 heavy (non-hydrogen) atoms. The molecule has 0 aromatic heterocycles. The molecule has 3 heteroatoms. The topological polar surface area (TPSA) is 21.3 Å². The molecule has 0 amide bonds. The van der Waals surface area contributed by atoms with Crippen LogP contribution in [0.5, 0.6) is 5.75 Å². The molecule has 90 valence electrons. The van der Waals surface area contributed by atoms with Gasteiger partial charge in [0.2, 0.25) is 0 Å². The predicted octanol–water partition coefficient (Wildman–Crippen LogP) is 2.89. The summed E-state index contributed by atoms with van der Waals surface area (Å²) in [7, 11) is 0. The van der Waals surface area contributed by atoms with Crippen molar-refractivity contribution in [1.29, 1.82) is 0 Å². The van der Waals surface area contributed by atoms with Gasteiger partial charge >= 0.3 is 0 Å². The first-order valence-corrected chi connectivity index (χ1v) is 6.61. The minimum Gasteiger partial charge on any atom is -0.493 e. The van der Waals surface area contributed by atoms with Crippen LogP contribution in [0.3, 0.4) is 0 Å². The lowest BCUT2D eigenvalue weighted by Gasteiger charge is -2.13. The van der Waals surface area contributed by atoms with Crippen molar-refractivity contribution in [2.75, 3.05) is 6.61 Å². The van der Waals surface area contributed by atoms with E-state index in [-0.39, 0.29) is 0 Å². The van der Waals surface area contributed by atoms with E-state index in [2.05, 4.69) is 46.2 Å². The molecule has 0 aliphatic carbocycles. The van der Waals surface area contributed by atoms with E-state index in [1.807, 2.05) is 0 Å². The number of ether oxygens (including phenoxy) is 1. The molecule has 0 fully saturated rings. The van der Waals surface area contributed by atoms with Crippen molar-refractivity contribution in [3.63, 3.8) is 0 Å². The zero-order valence-corrected chi connectivity index (χ0v) is 11.5. The Morgan fingerprint density at radius 1 is 1.59 bits per heavy atom. The molecule has 1 aliphatic rings. The molecule has 0 saturated carbocycles. The first kappa shape index (κ1) is 12.5. The highest BCUT2D eigenvalue weighted by molar-refractivity contribution is 9.10. The van der Waals surface area contributed by atoms with E-state index in [9.17, 15) is 0 Å². The summed E-state index contributed by atoms with van der Waals surface area (Å²) in [5.41, 5.74) is 2.50. The van der Waals surface area contributed by atoms with E-state index >= 15 is 0 Å². The van der Waals surface area contributed by atoms with Gasteiger partial charge in [-0.2, -0.15) is 0 Å². The molecule has 1 aromatic carbocycles. The van der Waals surface area contributed by atoms with Gasteiger partial charge in [-0.3, -0.25) is 0 Å². The third-order valence-corrected chi connectivity index (χ3v) is 3.35. The number of terminal acetylenes is 1. The average Bonchev–Trinajstić information content (AvgIpc) is 2.74. The second-order valence-electron chi connectivity index (χ2n) is 4.34. The van der Waals surface area contributed by atoms with Gasteiger partial charge < -0.3 is 10.1 Å². The Bertz CT molecular complexity index is 450. The van der Waals surface area contributed by atoms with Crippen LogP contribution in [0.4, 0.5) is 0 Å². The first-order chi connectivity index (χ1) is 8.20. The average molecular weight is 294 g/mol. The molecule has 1 atom stereocenters. The van der Waals surface area contributed by atoms with E-state index in [4.69, 9.17) is 11.2 Å². The van der Waals surface area contributed by atoms with Gasteiger partial charge in [-0.25, -0.2) is 0 Å². The smallest absolute Gasteiger partial charge is 0.127 e. The molecular weight excluding hydrogens is 278 g/mol. The maximum Gasteiger partial charge on any atom is 0.127 e. The number of halogens is 1. The minimum absolute atomic E-state index is 0.330. The van der Waals surface area contributed by atoms with Crippen LogP contribution in [-0.4, -0.2) is 12.6 Å². The second-order valence-corrected chi connectivity index (χ2v) is 5.26. The largest absolute Gasteiger partial charge is 0.493 e. The summed E-state index contributed by atoms with van der Waals surface area (Å²) in [5, 5.41) is 3.41. The van der Waals surface area contributed by atoms with Crippen molar-refractivity contribution in [2.45, 2.75) is 32.4 Å². The van der Waals surface area contributed by atoms with Gasteiger partial charge in [-0.1, -0.05) is 15.9 Å². The van der Waals surface area contributed by atoms with Crippen LogP contribution >= 0.6 is 15.9 Å². The molecule has 2 nitrogen and oxygen atoms in total.